The first-order chi connectivity index (χ1) is 6.86. The van der Waals surface area contributed by atoms with E-state index in [1.165, 1.54) is 0 Å². The topological polar surface area (TPSA) is 41.1 Å². The van der Waals surface area contributed by atoms with Crippen molar-refractivity contribution in [2.75, 3.05) is 18.4 Å². The standard InChI is InChI=1S/C10H14N2OS/c13-10(8-2-1-4-11-6-8)12-9-3-5-14-7-9/h3,5,7-8,11H,1-2,4,6H2,(H,12,13)/t8-/m1/s1. The number of amides is 1. The molecule has 2 N–H and O–H groups in total. The minimum absolute atomic E-state index is 0.142. The fourth-order valence-electron chi connectivity index (χ4n) is 1.66. The third kappa shape index (κ3) is 2.33. The van der Waals surface area contributed by atoms with Crippen LogP contribution in [0.25, 0.3) is 0 Å². The molecule has 0 spiro atoms. The molecule has 1 saturated heterocycles. The van der Waals surface area contributed by atoms with Crippen LogP contribution in [-0.2, 0) is 4.79 Å². The summed E-state index contributed by atoms with van der Waals surface area (Å²) in [6.07, 6.45) is 2.10. The van der Waals surface area contributed by atoms with E-state index >= 15 is 0 Å². The highest BCUT2D eigenvalue weighted by Gasteiger charge is 2.20. The molecule has 1 amide bonds. The Morgan fingerprint density at radius 3 is 3.21 bits per heavy atom. The lowest BCUT2D eigenvalue weighted by atomic mass is 9.99. The number of carbonyl (C=O) groups excluding carboxylic acids is 1. The molecule has 3 nitrogen and oxygen atoms in total. The maximum absolute atomic E-state index is 11.7. The zero-order valence-corrected chi connectivity index (χ0v) is 8.77. The van der Waals surface area contributed by atoms with Crippen LogP contribution in [0.4, 0.5) is 5.69 Å². The molecule has 0 radical (unpaired) electrons. The number of anilines is 1. The lowest BCUT2D eigenvalue weighted by Crippen LogP contribution is -2.37. The van der Waals surface area contributed by atoms with Crippen molar-refractivity contribution in [3.63, 3.8) is 0 Å². The summed E-state index contributed by atoms with van der Waals surface area (Å²) in [7, 11) is 0. The zero-order valence-electron chi connectivity index (χ0n) is 7.95. The SMILES string of the molecule is O=C(Nc1ccsc1)[C@@H]1CCCNC1. The number of carbonyl (C=O) groups is 1. The molecule has 1 aromatic rings. The van der Waals surface area contributed by atoms with Crippen LogP contribution in [0.3, 0.4) is 0 Å². The average molecular weight is 210 g/mol. The van der Waals surface area contributed by atoms with Crippen LogP contribution in [0.5, 0.6) is 0 Å². The van der Waals surface area contributed by atoms with Crippen LogP contribution in [0.15, 0.2) is 16.8 Å². The molecule has 1 fully saturated rings. The maximum Gasteiger partial charge on any atom is 0.228 e. The Balaban J connectivity index is 1.88. The second-order valence-electron chi connectivity index (χ2n) is 3.54. The van der Waals surface area contributed by atoms with Gasteiger partial charge in [-0.15, -0.1) is 0 Å². The van der Waals surface area contributed by atoms with Crippen molar-refractivity contribution in [3.05, 3.63) is 16.8 Å². The predicted octanol–water partition coefficient (Wildman–Crippen LogP) is 1.69. The second kappa shape index (κ2) is 4.57. The molecular weight excluding hydrogens is 196 g/mol. The number of piperidine rings is 1. The predicted molar refractivity (Wildman–Crippen MR) is 58.5 cm³/mol. The lowest BCUT2D eigenvalue weighted by Gasteiger charge is -2.21. The molecule has 2 rings (SSSR count). The third-order valence-electron chi connectivity index (χ3n) is 2.46. The van der Waals surface area contributed by atoms with E-state index in [-0.39, 0.29) is 11.8 Å². The number of hydrogen-bond donors (Lipinski definition) is 2. The van der Waals surface area contributed by atoms with Crippen molar-refractivity contribution < 1.29 is 4.79 Å². The number of rotatable bonds is 2. The highest BCUT2D eigenvalue weighted by molar-refractivity contribution is 7.08. The van der Waals surface area contributed by atoms with Gasteiger partial charge in [-0.25, -0.2) is 0 Å². The largest absolute Gasteiger partial charge is 0.325 e. The molecule has 0 unspecified atom stereocenters. The maximum atomic E-state index is 11.7. The van der Waals surface area contributed by atoms with Crippen molar-refractivity contribution in [2.24, 2.45) is 5.92 Å². The van der Waals surface area contributed by atoms with Crippen LogP contribution in [0.2, 0.25) is 0 Å². The fraction of sp³-hybridized carbons (Fsp3) is 0.500. The molecule has 0 aromatic carbocycles. The van der Waals surface area contributed by atoms with Crippen molar-refractivity contribution >= 4 is 22.9 Å². The minimum Gasteiger partial charge on any atom is -0.325 e. The van der Waals surface area contributed by atoms with Gasteiger partial charge in [0.05, 0.1) is 11.6 Å². The summed E-state index contributed by atoms with van der Waals surface area (Å²) in [5, 5.41) is 10.1. The number of nitrogens with one attached hydrogen (secondary N) is 2. The summed E-state index contributed by atoms with van der Waals surface area (Å²) in [6, 6.07) is 1.93. The van der Waals surface area contributed by atoms with Gasteiger partial charge in [-0.3, -0.25) is 4.79 Å². The second-order valence-corrected chi connectivity index (χ2v) is 4.32. The molecule has 1 aliphatic heterocycles. The zero-order chi connectivity index (χ0) is 9.80. The normalized spacial score (nSPS) is 21.9. The molecule has 14 heavy (non-hydrogen) atoms. The third-order valence-corrected chi connectivity index (χ3v) is 3.14. The summed E-state index contributed by atoms with van der Waals surface area (Å²) < 4.78 is 0. The van der Waals surface area contributed by atoms with Crippen LogP contribution < -0.4 is 10.6 Å². The summed E-state index contributed by atoms with van der Waals surface area (Å²) in [5.74, 6) is 0.291. The monoisotopic (exact) mass is 210 g/mol. The highest BCUT2D eigenvalue weighted by atomic mass is 32.1. The Morgan fingerprint density at radius 2 is 2.57 bits per heavy atom. The first kappa shape index (κ1) is 9.68. The Bertz CT molecular complexity index is 291. The van der Waals surface area contributed by atoms with Gasteiger partial charge in [-0.1, -0.05) is 0 Å². The van der Waals surface area contributed by atoms with Gasteiger partial charge in [-0.2, -0.15) is 11.3 Å². The Morgan fingerprint density at radius 1 is 1.64 bits per heavy atom. The van der Waals surface area contributed by atoms with E-state index in [1.54, 1.807) is 11.3 Å². The molecule has 1 aliphatic rings. The van der Waals surface area contributed by atoms with E-state index in [2.05, 4.69) is 10.6 Å². The molecule has 0 aliphatic carbocycles. The van der Waals surface area contributed by atoms with E-state index in [0.29, 0.717) is 0 Å². The minimum atomic E-state index is 0.142. The Hall–Kier alpha value is -0.870. The summed E-state index contributed by atoms with van der Waals surface area (Å²) in [6.45, 7) is 1.86. The van der Waals surface area contributed by atoms with Crippen molar-refractivity contribution in [1.82, 2.24) is 5.32 Å². The van der Waals surface area contributed by atoms with E-state index in [4.69, 9.17) is 0 Å². The van der Waals surface area contributed by atoms with Gasteiger partial charge >= 0.3 is 0 Å². The van der Waals surface area contributed by atoms with Crippen molar-refractivity contribution in [2.45, 2.75) is 12.8 Å². The van der Waals surface area contributed by atoms with Crippen LogP contribution in [0.1, 0.15) is 12.8 Å². The molecule has 2 heterocycles. The van der Waals surface area contributed by atoms with Crippen LogP contribution in [0, 0.1) is 5.92 Å². The highest BCUT2D eigenvalue weighted by Crippen LogP contribution is 2.16. The number of thiophene rings is 1. The summed E-state index contributed by atoms with van der Waals surface area (Å²) in [5.41, 5.74) is 0.922. The first-order valence-corrected chi connectivity index (χ1v) is 5.84. The van der Waals surface area contributed by atoms with E-state index in [0.717, 1.165) is 31.6 Å². The van der Waals surface area contributed by atoms with E-state index < -0.39 is 0 Å². The van der Waals surface area contributed by atoms with Gasteiger partial charge in [0.15, 0.2) is 0 Å². The Labute approximate surface area is 87.5 Å². The quantitative estimate of drug-likeness (QED) is 0.780. The summed E-state index contributed by atoms with van der Waals surface area (Å²) in [4.78, 5) is 11.7. The van der Waals surface area contributed by atoms with Crippen LogP contribution >= 0.6 is 11.3 Å². The Kier molecular flexibility index (Phi) is 3.16. The molecule has 0 bridgehead atoms. The van der Waals surface area contributed by atoms with E-state index in [9.17, 15) is 4.79 Å². The van der Waals surface area contributed by atoms with Gasteiger partial charge in [-0.05, 0) is 30.8 Å². The average Bonchev–Trinajstić information content (AvgIpc) is 2.72. The molecule has 1 atom stereocenters. The lowest BCUT2D eigenvalue weighted by molar-refractivity contribution is -0.120. The van der Waals surface area contributed by atoms with Crippen LogP contribution in [-0.4, -0.2) is 19.0 Å². The number of hydrogen-bond acceptors (Lipinski definition) is 3. The van der Waals surface area contributed by atoms with Gasteiger partial charge in [0, 0.05) is 11.9 Å². The molecule has 76 valence electrons. The van der Waals surface area contributed by atoms with Crippen molar-refractivity contribution in [1.29, 1.82) is 0 Å². The molecule has 4 heteroatoms. The fourth-order valence-corrected chi connectivity index (χ4v) is 2.24. The van der Waals surface area contributed by atoms with E-state index in [1.807, 2.05) is 16.8 Å². The van der Waals surface area contributed by atoms with Gasteiger partial charge in [0.25, 0.3) is 0 Å². The molecular formula is C10H14N2OS. The van der Waals surface area contributed by atoms with Gasteiger partial charge in [0.1, 0.15) is 0 Å². The summed E-state index contributed by atoms with van der Waals surface area (Å²) >= 11 is 1.60. The molecule has 1 aromatic heterocycles. The smallest absolute Gasteiger partial charge is 0.228 e. The molecule has 0 saturated carbocycles. The van der Waals surface area contributed by atoms with Crippen molar-refractivity contribution in [3.8, 4) is 0 Å². The van der Waals surface area contributed by atoms with Gasteiger partial charge in [0.2, 0.25) is 5.91 Å². The first-order valence-electron chi connectivity index (χ1n) is 4.90. The van der Waals surface area contributed by atoms with Gasteiger partial charge < -0.3 is 10.6 Å².